The molecule has 0 aromatic rings. The van der Waals surface area contributed by atoms with Crippen molar-refractivity contribution in [2.45, 2.75) is 97.0 Å². The van der Waals surface area contributed by atoms with Gasteiger partial charge < -0.3 is 26.6 Å². The van der Waals surface area contributed by atoms with E-state index < -0.39 is 23.7 Å². The third kappa shape index (κ3) is 11.8. The molecular formula is C23H48N4O4S. The topological polar surface area (TPSA) is 128 Å². The van der Waals surface area contributed by atoms with Gasteiger partial charge in [-0.25, -0.2) is 4.79 Å². The Morgan fingerprint density at radius 2 is 1.72 bits per heavy atom. The number of rotatable bonds is 17. The number of thiol groups is 1. The van der Waals surface area contributed by atoms with Crippen molar-refractivity contribution in [2.75, 3.05) is 25.9 Å². The van der Waals surface area contributed by atoms with Crippen LogP contribution in [0.3, 0.4) is 0 Å². The number of carbonyl (C=O) groups is 2. The van der Waals surface area contributed by atoms with Crippen molar-refractivity contribution in [2.24, 2.45) is 17.6 Å². The summed E-state index contributed by atoms with van der Waals surface area (Å²) in [5, 5.41) is 25.8. The van der Waals surface area contributed by atoms with Crippen LogP contribution in [-0.2, 0) is 9.59 Å². The lowest BCUT2D eigenvalue weighted by Crippen LogP contribution is -2.56. The lowest BCUT2D eigenvalue weighted by molar-refractivity contribution is -0.143. The van der Waals surface area contributed by atoms with E-state index in [-0.39, 0.29) is 36.8 Å². The zero-order valence-electron chi connectivity index (χ0n) is 21.1. The second-order valence-corrected chi connectivity index (χ2v) is 10.2. The summed E-state index contributed by atoms with van der Waals surface area (Å²) >= 11 is 4.25. The van der Waals surface area contributed by atoms with Crippen LogP contribution in [-0.4, -0.2) is 82.6 Å². The Bertz CT molecular complexity index is 559. The standard InChI is InChI=1S/C23H48N4O4S/c1-8-15(3)19(25-12-17(24)14-32)13-27(7)20(16(4)9-2)21(28)26-18(22(29)30)10-11-23(5,6)31/h15-20,25,31-32H,8-14,24H2,1-7H3,(H,26,28)(H,29,30)/t15-,16-,17+,18-,19+,20-/m0/s1. The predicted molar refractivity (Wildman–Crippen MR) is 134 cm³/mol. The summed E-state index contributed by atoms with van der Waals surface area (Å²) in [4.78, 5) is 27.0. The maximum atomic E-state index is 13.2. The van der Waals surface area contributed by atoms with E-state index in [0.717, 1.165) is 12.8 Å². The molecule has 0 bridgehead atoms. The molecule has 0 aliphatic rings. The van der Waals surface area contributed by atoms with Crippen LogP contribution in [0.2, 0.25) is 0 Å². The molecule has 0 spiro atoms. The number of likely N-dealkylation sites (N-methyl/N-ethyl adjacent to an activating group) is 1. The van der Waals surface area contributed by atoms with Crippen molar-refractivity contribution in [3.05, 3.63) is 0 Å². The van der Waals surface area contributed by atoms with Gasteiger partial charge >= 0.3 is 5.97 Å². The molecule has 0 aliphatic heterocycles. The lowest BCUT2D eigenvalue weighted by atomic mass is 9.93. The van der Waals surface area contributed by atoms with Crippen molar-refractivity contribution in [3.63, 3.8) is 0 Å². The van der Waals surface area contributed by atoms with Crippen molar-refractivity contribution in [1.29, 1.82) is 0 Å². The smallest absolute Gasteiger partial charge is 0.326 e. The molecule has 0 unspecified atom stereocenters. The molecule has 0 radical (unpaired) electrons. The molecule has 32 heavy (non-hydrogen) atoms. The molecule has 0 saturated heterocycles. The fraction of sp³-hybridized carbons (Fsp3) is 0.913. The summed E-state index contributed by atoms with van der Waals surface area (Å²) in [5.41, 5.74) is 5.03. The Hall–Kier alpha value is -0.870. The first-order valence-corrected chi connectivity index (χ1v) is 12.5. The average molecular weight is 477 g/mol. The normalized spacial score (nSPS) is 18.0. The van der Waals surface area contributed by atoms with E-state index in [1.807, 2.05) is 25.8 Å². The van der Waals surface area contributed by atoms with Gasteiger partial charge in [-0.2, -0.15) is 12.6 Å². The maximum absolute atomic E-state index is 13.2. The Morgan fingerprint density at radius 1 is 1.16 bits per heavy atom. The largest absolute Gasteiger partial charge is 0.480 e. The average Bonchev–Trinajstić information content (AvgIpc) is 2.71. The Balaban J connectivity index is 5.44. The number of nitrogens with two attached hydrogens (primary N) is 1. The maximum Gasteiger partial charge on any atom is 0.326 e. The number of hydrogen-bond donors (Lipinski definition) is 6. The predicted octanol–water partition coefficient (Wildman–Crippen LogP) is 1.71. The fourth-order valence-corrected chi connectivity index (χ4v) is 3.78. The number of carboxylic acid groups (broad SMARTS) is 1. The SMILES string of the molecule is CC[C@H](C)[C@@H](C(=O)N[C@@H](CCC(C)(C)O)C(=O)O)N(C)C[C@@H](NC[C@@H](N)CS)[C@@H](C)CC. The fourth-order valence-electron chi connectivity index (χ4n) is 3.65. The Labute approximate surface area is 200 Å². The molecule has 0 saturated carbocycles. The van der Waals surface area contributed by atoms with E-state index in [9.17, 15) is 19.8 Å². The van der Waals surface area contributed by atoms with Crippen LogP contribution in [0.15, 0.2) is 0 Å². The van der Waals surface area contributed by atoms with Crippen LogP contribution >= 0.6 is 12.6 Å². The molecule has 0 aromatic heterocycles. The van der Waals surface area contributed by atoms with Crippen molar-refractivity contribution in [3.8, 4) is 0 Å². The van der Waals surface area contributed by atoms with E-state index >= 15 is 0 Å². The van der Waals surface area contributed by atoms with Crippen LogP contribution < -0.4 is 16.4 Å². The van der Waals surface area contributed by atoms with Crippen LogP contribution in [0.25, 0.3) is 0 Å². The van der Waals surface area contributed by atoms with Crippen LogP contribution in [0.1, 0.15) is 67.2 Å². The second kappa shape index (κ2) is 15.1. The van der Waals surface area contributed by atoms with E-state index in [0.29, 0.717) is 24.8 Å². The van der Waals surface area contributed by atoms with Gasteiger partial charge in [0.05, 0.1) is 11.6 Å². The van der Waals surface area contributed by atoms with Crippen molar-refractivity contribution < 1.29 is 19.8 Å². The summed E-state index contributed by atoms with van der Waals surface area (Å²) in [5.74, 6) is -0.368. The van der Waals surface area contributed by atoms with Gasteiger partial charge in [0, 0.05) is 30.9 Å². The minimum absolute atomic E-state index is 0.0426. The molecule has 6 N–H and O–H groups in total. The number of aliphatic carboxylic acids is 1. The zero-order chi connectivity index (χ0) is 25.1. The van der Waals surface area contributed by atoms with Crippen molar-refractivity contribution in [1.82, 2.24) is 15.5 Å². The third-order valence-corrected chi connectivity index (χ3v) is 6.75. The minimum Gasteiger partial charge on any atom is -0.480 e. The first-order chi connectivity index (χ1) is 14.8. The first kappa shape index (κ1) is 31.1. The molecule has 190 valence electrons. The molecular weight excluding hydrogens is 428 g/mol. The highest BCUT2D eigenvalue weighted by Crippen LogP contribution is 2.18. The monoisotopic (exact) mass is 476 g/mol. The van der Waals surface area contributed by atoms with Crippen molar-refractivity contribution >= 4 is 24.5 Å². The first-order valence-electron chi connectivity index (χ1n) is 11.8. The molecule has 9 heteroatoms. The number of hydrogen-bond acceptors (Lipinski definition) is 7. The lowest BCUT2D eigenvalue weighted by Gasteiger charge is -2.36. The van der Waals surface area contributed by atoms with E-state index in [1.54, 1.807) is 13.8 Å². The molecule has 0 rings (SSSR count). The molecule has 1 amide bonds. The van der Waals surface area contributed by atoms with Gasteiger partial charge in [-0.1, -0.05) is 40.5 Å². The number of amides is 1. The van der Waals surface area contributed by atoms with Gasteiger partial charge in [-0.15, -0.1) is 0 Å². The van der Waals surface area contributed by atoms with E-state index in [4.69, 9.17) is 5.73 Å². The van der Waals surface area contributed by atoms with Gasteiger partial charge in [0.2, 0.25) is 5.91 Å². The second-order valence-electron chi connectivity index (χ2n) is 9.86. The quantitative estimate of drug-likeness (QED) is 0.176. The highest BCUT2D eigenvalue weighted by atomic mass is 32.1. The number of nitrogens with one attached hydrogen (secondary N) is 2. The highest BCUT2D eigenvalue weighted by molar-refractivity contribution is 7.80. The van der Waals surface area contributed by atoms with E-state index in [2.05, 4.69) is 37.1 Å². The van der Waals surface area contributed by atoms with Crippen LogP contribution in [0.4, 0.5) is 0 Å². The molecule has 0 aromatic carbocycles. The molecule has 6 atom stereocenters. The number of nitrogens with zero attached hydrogens (tertiary/aromatic N) is 1. The highest BCUT2D eigenvalue weighted by Gasteiger charge is 2.33. The Morgan fingerprint density at radius 3 is 2.16 bits per heavy atom. The minimum atomic E-state index is -1.09. The summed E-state index contributed by atoms with van der Waals surface area (Å²) < 4.78 is 0. The van der Waals surface area contributed by atoms with Crippen LogP contribution in [0, 0.1) is 11.8 Å². The van der Waals surface area contributed by atoms with E-state index in [1.165, 1.54) is 0 Å². The summed E-state index contributed by atoms with van der Waals surface area (Å²) in [6.45, 7) is 12.9. The van der Waals surface area contributed by atoms with Gasteiger partial charge in [0.1, 0.15) is 6.04 Å². The van der Waals surface area contributed by atoms with Gasteiger partial charge in [0.15, 0.2) is 0 Å². The summed E-state index contributed by atoms with van der Waals surface area (Å²) in [6, 6.07) is -1.40. The molecule has 0 fully saturated rings. The van der Waals surface area contributed by atoms with Gasteiger partial charge in [0.25, 0.3) is 0 Å². The molecule has 8 nitrogen and oxygen atoms in total. The molecule has 0 heterocycles. The Kier molecular flexibility index (Phi) is 14.7. The number of carboxylic acids is 1. The number of aliphatic hydroxyl groups is 1. The van der Waals surface area contributed by atoms with Gasteiger partial charge in [-0.3, -0.25) is 9.69 Å². The van der Waals surface area contributed by atoms with Gasteiger partial charge in [-0.05, 0) is 45.6 Å². The molecule has 0 aliphatic carbocycles. The summed E-state index contributed by atoms with van der Waals surface area (Å²) in [6.07, 6.45) is 2.22. The number of carbonyl (C=O) groups excluding carboxylic acids is 1. The summed E-state index contributed by atoms with van der Waals surface area (Å²) in [7, 11) is 1.92. The zero-order valence-corrected chi connectivity index (χ0v) is 22.0. The van der Waals surface area contributed by atoms with Crippen LogP contribution in [0.5, 0.6) is 0 Å². The third-order valence-electron chi connectivity index (χ3n) is 6.28.